The molecular formula is C12H16N4O3S2. The zero-order valence-corrected chi connectivity index (χ0v) is 13.3. The van der Waals surface area contributed by atoms with E-state index in [0.717, 1.165) is 14.5 Å². The number of fused-ring (bicyclic) bond motifs is 1. The summed E-state index contributed by atoms with van der Waals surface area (Å²) in [5.74, 6) is -0.140. The summed E-state index contributed by atoms with van der Waals surface area (Å²) in [7, 11) is -0.392. The van der Waals surface area contributed by atoms with Crippen LogP contribution in [0.2, 0.25) is 0 Å². The smallest absolute Gasteiger partial charge is 0.319 e. The molecule has 1 aromatic carbocycles. The number of hydrogen-bond acceptors (Lipinski definition) is 5. The number of benzene rings is 1. The molecule has 2 amide bonds. The Morgan fingerprint density at radius 1 is 1.38 bits per heavy atom. The number of thiazole rings is 1. The lowest BCUT2D eigenvalue weighted by Gasteiger charge is -2.12. The van der Waals surface area contributed by atoms with E-state index in [1.165, 1.54) is 25.4 Å². The second kappa shape index (κ2) is 6.37. The normalized spacial score (nSPS) is 11.8. The minimum Gasteiger partial charge on any atom is -0.337 e. The number of hydrogen-bond donors (Lipinski definition) is 2. The third-order valence-electron chi connectivity index (χ3n) is 2.79. The summed E-state index contributed by atoms with van der Waals surface area (Å²) in [5.41, 5.74) is 3.16. The minimum atomic E-state index is -3.31. The van der Waals surface area contributed by atoms with Crippen molar-refractivity contribution in [3.05, 3.63) is 23.7 Å². The van der Waals surface area contributed by atoms with Gasteiger partial charge in [-0.15, -0.1) is 11.3 Å². The Morgan fingerprint density at radius 3 is 2.86 bits per heavy atom. The molecule has 0 aliphatic heterocycles. The van der Waals surface area contributed by atoms with E-state index < -0.39 is 16.1 Å². The highest BCUT2D eigenvalue weighted by molar-refractivity contribution is 7.89. The predicted octanol–water partition coefficient (Wildman–Crippen LogP) is 1.31. The standard InChI is InChI=1S/C12H16N4O3S2/c1-16(2)21(18,19)6-5-13-12(17)15-9-3-4-11-10(7-9)14-8-20-11/h3-4,7-8H,5-6H2,1-2H3,(H2,13,15,17). The van der Waals surface area contributed by atoms with Crippen LogP contribution in [0.5, 0.6) is 0 Å². The fourth-order valence-corrected chi connectivity index (χ4v) is 2.97. The number of sulfonamides is 1. The predicted molar refractivity (Wildman–Crippen MR) is 84.1 cm³/mol. The SMILES string of the molecule is CN(C)S(=O)(=O)CCNC(=O)Nc1ccc2scnc2c1. The number of carbonyl (C=O) groups excluding carboxylic acids is 1. The van der Waals surface area contributed by atoms with E-state index in [4.69, 9.17) is 0 Å². The van der Waals surface area contributed by atoms with Gasteiger partial charge in [0, 0.05) is 26.3 Å². The number of anilines is 1. The van der Waals surface area contributed by atoms with Crippen molar-refractivity contribution in [1.82, 2.24) is 14.6 Å². The van der Waals surface area contributed by atoms with Crippen LogP contribution in [0.3, 0.4) is 0 Å². The number of nitrogens with zero attached hydrogens (tertiary/aromatic N) is 2. The molecule has 1 heterocycles. The molecule has 7 nitrogen and oxygen atoms in total. The van der Waals surface area contributed by atoms with Gasteiger partial charge >= 0.3 is 6.03 Å². The van der Waals surface area contributed by atoms with E-state index in [2.05, 4.69) is 15.6 Å². The van der Waals surface area contributed by atoms with Crippen molar-refractivity contribution in [2.24, 2.45) is 0 Å². The van der Waals surface area contributed by atoms with Crippen molar-refractivity contribution < 1.29 is 13.2 Å². The van der Waals surface area contributed by atoms with Gasteiger partial charge < -0.3 is 10.6 Å². The second-order valence-electron chi connectivity index (χ2n) is 4.51. The van der Waals surface area contributed by atoms with Gasteiger partial charge in [-0.2, -0.15) is 0 Å². The van der Waals surface area contributed by atoms with Crippen molar-refractivity contribution in [3.63, 3.8) is 0 Å². The summed E-state index contributed by atoms with van der Waals surface area (Å²) in [4.78, 5) is 15.9. The first-order valence-electron chi connectivity index (χ1n) is 6.17. The zero-order chi connectivity index (χ0) is 15.5. The van der Waals surface area contributed by atoms with Crippen LogP contribution in [0.4, 0.5) is 10.5 Å². The highest BCUT2D eigenvalue weighted by Gasteiger charge is 2.13. The quantitative estimate of drug-likeness (QED) is 0.866. The monoisotopic (exact) mass is 328 g/mol. The van der Waals surface area contributed by atoms with Crippen molar-refractivity contribution in [3.8, 4) is 0 Å². The van der Waals surface area contributed by atoms with Crippen molar-refractivity contribution >= 4 is 43.3 Å². The number of nitrogens with one attached hydrogen (secondary N) is 2. The maximum absolute atomic E-state index is 11.7. The van der Waals surface area contributed by atoms with Crippen LogP contribution in [-0.4, -0.2) is 50.1 Å². The fourth-order valence-electron chi connectivity index (χ4n) is 1.59. The summed E-state index contributed by atoms with van der Waals surface area (Å²) in [5, 5.41) is 5.16. The van der Waals surface area contributed by atoms with Gasteiger partial charge in [-0.05, 0) is 18.2 Å². The zero-order valence-electron chi connectivity index (χ0n) is 11.7. The minimum absolute atomic E-state index is 0.0469. The number of carbonyl (C=O) groups is 1. The molecule has 0 bridgehead atoms. The van der Waals surface area contributed by atoms with Crippen molar-refractivity contribution in [2.45, 2.75) is 0 Å². The summed E-state index contributed by atoms with van der Waals surface area (Å²) in [6.45, 7) is 0.0469. The van der Waals surface area contributed by atoms with E-state index in [1.54, 1.807) is 17.6 Å². The first kappa shape index (κ1) is 15.7. The van der Waals surface area contributed by atoms with Crippen molar-refractivity contribution in [2.75, 3.05) is 31.7 Å². The van der Waals surface area contributed by atoms with Gasteiger partial charge in [-0.3, -0.25) is 0 Å². The Kier molecular flexibility index (Phi) is 4.76. The lowest BCUT2D eigenvalue weighted by molar-refractivity contribution is 0.252. The van der Waals surface area contributed by atoms with Crippen molar-refractivity contribution in [1.29, 1.82) is 0 Å². The molecule has 0 spiro atoms. The number of amides is 2. The van der Waals surface area contributed by atoms with E-state index >= 15 is 0 Å². The van der Waals surface area contributed by atoms with Crippen LogP contribution < -0.4 is 10.6 Å². The molecule has 2 aromatic rings. The Labute approximate surface area is 127 Å². The van der Waals surface area contributed by atoms with Crippen LogP contribution in [-0.2, 0) is 10.0 Å². The summed E-state index contributed by atoms with van der Waals surface area (Å²) < 4.78 is 25.2. The molecule has 0 atom stereocenters. The molecule has 21 heavy (non-hydrogen) atoms. The lowest BCUT2D eigenvalue weighted by atomic mass is 10.3. The Balaban J connectivity index is 1.87. The van der Waals surface area contributed by atoms with Crippen LogP contribution >= 0.6 is 11.3 Å². The molecule has 0 fully saturated rings. The number of aromatic nitrogens is 1. The van der Waals surface area contributed by atoms with Gasteiger partial charge in [0.05, 0.1) is 21.5 Å². The Hall–Kier alpha value is -1.71. The molecule has 0 saturated carbocycles. The molecular weight excluding hydrogens is 312 g/mol. The van der Waals surface area contributed by atoms with Crippen LogP contribution in [0.25, 0.3) is 10.2 Å². The maximum Gasteiger partial charge on any atom is 0.319 e. The third kappa shape index (κ3) is 4.13. The number of rotatable bonds is 5. The van der Waals surface area contributed by atoms with Gasteiger partial charge in [-0.1, -0.05) is 0 Å². The maximum atomic E-state index is 11.7. The molecule has 2 rings (SSSR count). The van der Waals surface area contributed by atoms with Crippen LogP contribution in [0.1, 0.15) is 0 Å². The summed E-state index contributed by atoms with van der Waals surface area (Å²) in [6.07, 6.45) is 0. The van der Waals surface area contributed by atoms with E-state index in [9.17, 15) is 13.2 Å². The van der Waals surface area contributed by atoms with Gasteiger partial charge in [-0.25, -0.2) is 22.5 Å². The highest BCUT2D eigenvalue weighted by Crippen LogP contribution is 2.21. The van der Waals surface area contributed by atoms with Crippen LogP contribution in [0, 0.1) is 0 Å². The first-order chi connectivity index (χ1) is 9.88. The molecule has 0 saturated heterocycles. The fraction of sp³-hybridized carbons (Fsp3) is 0.333. The largest absolute Gasteiger partial charge is 0.337 e. The number of urea groups is 1. The molecule has 0 aliphatic rings. The summed E-state index contributed by atoms with van der Waals surface area (Å²) >= 11 is 1.52. The molecule has 0 unspecified atom stereocenters. The molecule has 1 aromatic heterocycles. The molecule has 2 N–H and O–H groups in total. The molecule has 0 aliphatic carbocycles. The Bertz CT molecular complexity index is 740. The van der Waals surface area contributed by atoms with Gasteiger partial charge in [0.15, 0.2) is 0 Å². The first-order valence-corrected chi connectivity index (χ1v) is 8.66. The van der Waals surface area contributed by atoms with Gasteiger partial charge in [0.25, 0.3) is 0 Å². The molecule has 114 valence electrons. The molecule has 0 radical (unpaired) electrons. The Morgan fingerprint density at radius 2 is 2.14 bits per heavy atom. The lowest BCUT2D eigenvalue weighted by Crippen LogP contribution is -2.36. The second-order valence-corrected chi connectivity index (χ2v) is 7.70. The average molecular weight is 328 g/mol. The van der Waals surface area contributed by atoms with E-state index in [1.807, 2.05) is 6.07 Å². The third-order valence-corrected chi connectivity index (χ3v) is 5.43. The summed E-state index contributed by atoms with van der Waals surface area (Å²) in [6, 6.07) is 4.97. The van der Waals surface area contributed by atoms with Gasteiger partial charge in [0.2, 0.25) is 10.0 Å². The topological polar surface area (TPSA) is 91.4 Å². The molecule has 9 heteroatoms. The van der Waals surface area contributed by atoms with E-state index in [-0.39, 0.29) is 12.3 Å². The highest BCUT2D eigenvalue weighted by atomic mass is 32.2. The average Bonchev–Trinajstić information content (AvgIpc) is 2.85. The van der Waals surface area contributed by atoms with Gasteiger partial charge in [0.1, 0.15) is 0 Å². The van der Waals surface area contributed by atoms with E-state index in [0.29, 0.717) is 5.69 Å². The van der Waals surface area contributed by atoms with Crippen LogP contribution in [0.15, 0.2) is 23.7 Å².